The molecule has 0 unspecified atom stereocenters. The maximum absolute atomic E-state index is 3.98. The van der Waals surface area contributed by atoms with Crippen molar-refractivity contribution in [2.45, 2.75) is 32.7 Å². The number of hydrogen-bond donors (Lipinski definition) is 0. The van der Waals surface area contributed by atoms with Crippen molar-refractivity contribution in [3.05, 3.63) is 12.3 Å². The van der Waals surface area contributed by atoms with Gasteiger partial charge in [0.2, 0.25) is 0 Å². The second kappa shape index (κ2) is 10.6. The van der Waals surface area contributed by atoms with Crippen molar-refractivity contribution in [2.75, 3.05) is 6.26 Å². The Morgan fingerprint density at radius 2 is 1.75 bits per heavy atom. The molecule has 0 saturated heterocycles. The van der Waals surface area contributed by atoms with Gasteiger partial charge in [-0.3, -0.25) is 4.68 Å². The van der Waals surface area contributed by atoms with Crippen LogP contribution in [0.1, 0.15) is 27.7 Å². The van der Waals surface area contributed by atoms with Crippen LogP contribution < -0.4 is 0 Å². The number of rotatable bonds is 1. The summed E-state index contributed by atoms with van der Waals surface area (Å²) >= 11 is 1.70. The largest absolute Gasteiger partial charge is 0.262 e. The van der Waals surface area contributed by atoms with Crippen LogP contribution in [0.5, 0.6) is 0 Å². The van der Waals surface area contributed by atoms with E-state index in [1.54, 1.807) is 18.0 Å². The van der Waals surface area contributed by atoms with Crippen molar-refractivity contribution in [3.8, 4) is 0 Å². The average Bonchev–Trinajstić information content (AvgIpc) is 2.58. The predicted octanol–water partition coefficient (Wildman–Crippen LogP) is 3.19. The molecular formula is C9H20N2S. The van der Waals surface area contributed by atoms with Crippen LogP contribution in [0.2, 0.25) is 0 Å². The molecule has 0 fully saturated rings. The summed E-state index contributed by atoms with van der Waals surface area (Å²) in [5, 5.41) is 5.18. The zero-order valence-electron chi connectivity index (χ0n) is 8.96. The molecule has 1 heterocycles. The van der Waals surface area contributed by atoms with Crippen LogP contribution in [0, 0.1) is 0 Å². The molecule has 1 aromatic heterocycles. The van der Waals surface area contributed by atoms with E-state index in [2.05, 4.69) is 5.10 Å². The summed E-state index contributed by atoms with van der Waals surface area (Å²) in [6.07, 6.45) is 3.84. The molecule has 0 aliphatic rings. The van der Waals surface area contributed by atoms with E-state index < -0.39 is 0 Å². The Hall–Kier alpha value is -0.440. The van der Waals surface area contributed by atoms with Crippen molar-refractivity contribution in [1.29, 1.82) is 0 Å². The molecule has 0 atom stereocenters. The maximum Gasteiger partial charge on any atom is 0.0933 e. The minimum absolute atomic E-state index is 1.20. The Kier molecular flexibility index (Phi) is 12.4. The van der Waals surface area contributed by atoms with Crippen LogP contribution >= 0.6 is 11.8 Å². The maximum atomic E-state index is 3.98. The highest BCUT2D eigenvalue weighted by atomic mass is 32.2. The van der Waals surface area contributed by atoms with E-state index in [1.165, 1.54) is 5.03 Å². The average molecular weight is 188 g/mol. The Labute approximate surface area is 80.4 Å². The van der Waals surface area contributed by atoms with Gasteiger partial charge < -0.3 is 0 Å². The Morgan fingerprint density at radius 3 is 1.92 bits per heavy atom. The fraction of sp³-hybridized carbons (Fsp3) is 0.667. The molecule has 2 nitrogen and oxygen atoms in total. The van der Waals surface area contributed by atoms with Crippen molar-refractivity contribution < 1.29 is 0 Å². The van der Waals surface area contributed by atoms with Crippen molar-refractivity contribution in [3.63, 3.8) is 0 Å². The molecule has 0 radical (unpaired) electrons. The normalized spacial score (nSPS) is 7.50. The van der Waals surface area contributed by atoms with Gasteiger partial charge in [-0.25, -0.2) is 0 Å². The summed E-state index contributed by atoms with van der Waals surface area (Å²) in [7, 11) is 1.94. The van der Waals surface area contributed by atoms with Crippen LogP contribution in [0.3, 0.4) is 0 Å². The lowest BCUT2D eigenvalue weighted by molar-refractivity contribution is 0.699. The smallest absolute Gasteiger partial charge is 0.0933 e. The molecule has 0 spiro atoms. The Balaban J connectivity index is 0. The van der Waals surface area contributed by atoms with E-state index in [-0.39, 0.29) is 0 Å². The topological polar surface area (TPSA) is 17.8 Å². The van der Waals surface area contributed by atoms with Gasteiger partial charge in [0.15, 0.2) is 0 Å². The van der Waals surface area contributed by atoms with E-state index in [0.717, 1.165) is 0 Å². The predicted molar refractivity (Wildman–Crippen MR) is 57.7 cm³/mol. The molecule has 12 heavy (non-hydrogen) atoms. The van der Waals surface area contributed by atoms with Crippen molar-refractivity contribution >= 4 is 11.8 Å². The molecule has 1 rings (SSSR count). The summed E-state index contributed by atoms with van der Waals surface area (Å²) in [6.45, 7) is 8.00. The quantitative estimate of drug-likeness (QED) is 0.630. The van der Waals surface area contributed by atoms with E-state index in [9.17, 15) is 0 Å². The van der Waals surface area contributed by atoms with Gasteiger partial charge in [-0.15, -0.1) is 11.8 Å². The summed E-state index contributed by atoms with van der Waals surface area (Å²) < 4.78 is 1.85. The molecular weight excluding hydrogens is 168 g/mol. The first-order valence-corrected chi connectivity index (χ1v) is 5.59. The van der Waals surface area contributed by atoms with Gasteiger partial charge in [-0.1, -0.05) is 27.7 Å². The minimum atomic E-state index is 1.20. The summed E-state index contributed by atoms with van der Waals surface area (Å²) in [5.74, 6) is 0. The molecule has 0 N–H and O–H groups in total. The molecule has 0 amide bonds. The fourth-order valence-corrected chi connectivity index (χ4v) is 1.07. The molecule has 1 aromatic rings. The summed E-state index contributed by atoms with van der Waals surface area (Å²) in [6, 6.07) is 1.99. The lowest BCUT2D eigenvalue weighted by Gasteiger charge is -1.92. The van der Waals surface area contributed by atoms with E-state index >= 15 is 0 Å². The van der Waals surface area contributed by atoms with Gasteiger partial charge in [-0.2, -0.15) is 5.10 Å². The van der Waals surface area contributed by atoms with E-state index in [1.807, 2.05) is 51.7 Å². The van der Waals surface area contributed by atoms with Gasteiger partial charge >= 0.3 is 0 Å². The molecule has 0 aliphatic heterocycles. The molecule has 72 valence electrons. The zero-order valence-corrected chi connectivity index (χ0v) is 9.77. The second-order valence-electron chi connectivity index (χ2n) is 1.50. The number of thioether (sulfide) groups is 1. The third-order valence-corrected chi connectivity index (χ3v) is 1.80. The fourth-order valence-electron chi connectivity index (χ4n) is 0.562. The van der Waals surface area contributed by atoms with Crippen LogP contribution in [0.15, 0.2) is 17.3 Å². The second-order valence-corrected chi connectivity index (χ2v) is 2.32. The van der Waals surface area contributed by atoms with Gasteiger partial charge in [0, 0.05) is 7.05 Å². The highest BCUT2D eigenvalue weighted by Gasteiger charge is 1.90. The van der Waals surface area contributed by atoms with E-state index in [4.69, 9.17) is 0 Å². The first-order chi connectivity index (χ1) is 5.84. The van der Waals surface area contributed by atoms with Gasteiger partial charge in [0.1, 0.15) is 0 Å². The van der Waals surface area contributed by atoms with Crippen LogP contribution in [-0.2, 0) is 7.05 Å². The molecule has 0 bridgehead atoms. The SMILES string of the molecule is CC.CC.CSc1ccnn1C. The number of hydrogen-bond acceptors (Lipinski definition) is 2. The van der Waals surface area contributed by atoms with Crippen LogP contribution in [0.25, 0.3) is 0 Å². The summed E-state index contributed by atoms with van der Waals surface area (Å²) in [4.78, 5) is 0. The Morgan fingerprint density at radius 1 is 1.25 bits per heavy atom. The van der Waals surface area contributed by atoms with Crippen molar-refractivity contribution in [1.82, 2.24) is 9.78 Å². The monoisotopic (exact) mass is 188 g/mol. The lowest BCUT2D eigenvalue weighted by Crippen LogP contribution is -1.89. The standard InChI is InChI=1S/C5H8N2S.2C2H6/c1-7-5(8-2)3-4-6-7;2*1-2/h3-4H,1-2H3;2*1-2H3. The Bertz CT molecular complexity index is 173. The molecule has 0 aromatic carbocycles. The highest BCUT2D eigenvalue weighted by Crippen LogP contribution is 2.10. The summed E-state index contributed by atoms with van der Waals surface area (Å²) in [5.41, 5.74) is 0. The molecule has 0 saturated carbocycles. The minimum Gasteiger partial charge on any atom is -0.262 e. The third-order valence-electron chi connectivity index (χ3n) is 0.985. The highest BCUT2D eigenvalue weighted by molar-refractivity contribution is 7.98. The lowest BCUT2D eigenvalue weighted by atomic mass is 10.7. The first-order valence-electron chi connectivity index (χ1n) is 4.36. The van der Waals surface area contributed by atoms with Gasteiger partial charge in [0.25, 0.3) is 0 Å². The van der Waals surface area contributed by atoms with Gasteiger partial charge in [-0.05, 0) is 12.3 Å². The number of aromatic nitrogens is 2. The van der Waals surface area contributed by atoms with Gasteiger partial charge in [0.05, 0.1) is 11.2 Å². The number of aryl methyl sites for hydroxylation is 1. The number of nitrogens with zero attached hydrogens (tertiary/aromatic N) is 2. The first kappa shape index (κ1) is 14.1. The van der Waals surface area contributed by atoms with Crippen molar-refractivity contribution in [2.24, 2.45) is 7.05 Å². The van der Waals surface area contributed by atoms with Crippen LogP contribution in [0.4, 0.5) is 0 Å². The van der Waals surface area contributed by atoms with E-state index in [0.29, 0.717) is 0 Å². The molecule has 0 aliphatic carbocycles. The van der Waals surface area contributed by atoms with Crippen LogP contribution in [-0.4, -0.2) is 16.0 Å². The molecule has 3 heteroatoms. The zero-order chi connectivity index (χ0) is 9.98. The third kappa shape index (κ3) is 5.24.